The van der Waals surface area contributed by atoms with E-state index in [1.54, 1.807) is 7.11 Å². The lowest BCUT2D eigenvalue weighted by atomic mass is 9.95. The summed E-state index contributed by atoms with van der Waals surface area (Å²) in [4.78, 5) is 0. The first-order valence-electron chi connectivity index (χ1n) is 6.68. The van der Waals surface area contributed by atoms with Gasteiger partial charge < -0.3 is 14.5 Å². The highest BCUT2D eigenvalue weighted by Crippen LogP contribution is 2.31. The average molecular weight is 272 g/mol. The Hall–Kier alpha value is -1.99. The molecule has 106 valence electrons. The molecule has 0 fully saturated rings. The van der Waals surface area contributed by atoms with Gasteiger partial charge in [-0.1, -0.05) is 12.1 Å². The van der Waals surface area contributed by atoms with Crippen molar-refractivity contribution >= 4 is 11.0 Å². The molecule has 1 aromatic heterocycles. The number of hydrogen-bond donors (Lipinski definition) is 1. The van der Waals surface area contributed by atoms with E-state index in [9.17, 15) is 0 Å². The van der Waals surface area contributed by atoms with E-state index in [4.69, 9.17) is 14.4 Å². The minimum atomic E-state index is -0.391. The van der Waals surface area contributed by atoms with E-state index < -0.39 is 5.41 Å². The standard InChI is InChI=1S/C16H20N2O2/c1-11(18-10-16(2,3)9-17)14-8-12-6-5-7-13(19-4)15(12)20-14/h5-8,11,18H,10H2,1-4H3. The van der Waals surface area contributed by atoms with Gasteiger partial charge in [-0.25, -0.2) is 0 Å². The maximum Gasteiger partial charge on any atom is 0.176 e. The molecule has 0 aliphatic carbocycles. The molecule has 0 saturated heterocycles. The summed E-state index contributed by atoms with van der Waals surface area (Å²) < 4.78 is 11.2. The first-order chi connectivity index (χ1) is 9.46. The molecule has 0 radical (unpaired) electrons. The van der Waals surface area contributed by atoms with Gasteiger partial charge in [0.2, 0.25) is 0 Å². The monoisotopic (exact) mass is 272 g/mol. The molecule has 0 aliphatic heterocycles. The number of methoxy groups -OCH3 is 1. The molecule has 1 heterocycles. The lowest BCUT2D eigenvalue weighted by molar-refractivity contribution is 0.375. The van der Waals surface area contributed by atoms with Gasteiger partial charge in [0.15, 0.2) is 11.3 Å². The largest absolute Gasteiger partial charge is 0.493 e. The fraction of sp³-hybridized carbons (Fsp3) is 0.438. The highest BCUT2D eigenvalue weighted by atomic mass is 16.5. The number of nitriles is 1. The number of para-hydroxylation sites is 1. The molecule has 1 aromatic carbocycles. The molecule has 0 spiro atoms. The second-order valence-corrected chi connectivity index (χ2v) is 5.63. The van der Waals surface area contributed by atoms with Crippen molar-refractivity contribution in [2.45, 2.75) is 26.8 Å². The Morgan fingerprint density at radius 3 is 2.85 bits per heavy atom. The first kappa shape index (κ1) is 14.4. The number of fused-ring (bicyclic) bond motifs is 1. The predicted molar refractivity (Wildman–Crippen MR) is 78.6 cm³/mol. The zero-order valence-electron chi connectivity index (χ0n) is 12.4. The van der Waals surface area contributed by atoms with Gasteiger partial charge in [0, 0.05) is 11.9 Å². The Bertz CT molecular complexity index is 637. The molecule has 2 rings (SSSR count). The minimum absolute atomic E-state index is 0.0414. The van der Waals surface area contributed by atoms with E-state index in [0.717, 1.165) is 22.5 Å². The topological polar surface area (TPSA) is 58.2 Å². The second kappa shape index (κ2) is 5.56. The molecule has 0 saturated carbocycles. The molecule has 0 bridgehead atoms. The van der Waals surface area contributed by atoms with Crippen molar-refractivity contribution in [1.82, 2.24) is 5.32 Å². The zero-order valence-corrected chi connectivity index (χ0v) is 12.4. The lowest BCUT2D eigenvalue weighted by Crippen LogP contribution is -2.30. The van der Waals surface area contributed by atoms with Crippen molar-refractivity contribution in [3.05, 3.63) is 30.0 Å². The summed E-state index contributed by atoms with van der Waals surface area (Å²) >= 11 is 0. The summed E-state index contributed by atoms with van der Waals surface area (Å²) in [6, 6.07) is 10.2. The zero-order chi connectivity index (χ0) is 14.8. The van der Waals surface area contributed by atoms with Crippen LogP contribution in [0.2, 0.25) is 0 Å². The van der Waals surface area contributed by atoms with Gasteiger partial charge in [0.05, 0.1) is 24.6 Å². The summed E-state index contributed by atoms with van der Waals surface area (Å²) in [7, 11) is 1.63. The van der Waals surface area contributed by atoms with Crippen molar-refractivity contribution in [3.63, 3.8) is 0 Å². The van der Waals surface area contributed by atoms with Crippen LogP contribution in [-0.2, 0) is 0 Å². The van der Waals surface area contributed by atoms with Gasteiger partial charge in [0.25, 0.3) is 0 Å². The van der Waals surface area contributed by atoms with Crippen molar-refractivity contribution < 1.29 is 9.15 Å². The molecular formula is C16H20N2O2. The summed E-state index contributed by atoms with van der Waals surface area (Å²) in [6.07, 6.45) is 0. The molecule has 0 amide bonds. The maximum absolute atomic E-state index is 9.03. The Labute approximate surface area is 119 Å². The minimum Gasteiger partial charge on any atom is -0.493 e. The van der Waals surface area contributed by atoms with E-state index in [2.05, 4.69) is 11.4 Å². The van der Waals surface area contributed by atoms with Crippen LogP contribution in [0.4, 0.5) is 0 Å². The maximum atomic E-state index is 9.03. The Morgan fingerprint density at radius 1 is 1.45 bits per heavy atom. The van der Waals surface area contributed by atoms with E-state index in [-0.39, 0.29) is 6.04 Å². The van der Waals surface area contributed by atoms with E-state index in [1.807, 2.05) is 45.0 Å². The number of furan rings is 1. The summed E-state index contributed by atoms with van der Waals surface area (Å²) in [6.45, 7) is 6.46. The number of nitrogens with zero attached hydrogens (tertiary/aromatic N) is 1. The van der Waals surface area contributed by atoms with Gasteiger partial charge in [0.1, 0.15) is 5.76 Å². The average Bonchev–Trinajstić information content (AvgIpc) is 2.88. The molecule has 1 atom stereocenters. The fourth-order valence-corrected chi connectivity index (χ4v) is 1.98. The number of hydrogen-bond acceptors (Lipinski definition) is 4. The predicted octanol–water partition coefficient (Wildman–Crippen LogP) is 3.64. The van der Waals surface area contributed by atoms with Gasteiger partial charge in [-0.2, -0.15) is 5.26 Å². The van der Waals surface area contributed by atoms with E-state index >= 15 is 0 Å². The molecule has 4 nitrogen and oxygen atoms in total. The van der Waals surface area contributed by atoms with Crippen LogP contribution >= 0.6 is 0 Å². The van der Waals surface area contributed by atoms with Crippen LogP contribution < -0.4 is 10.1 Å². The molecular weight excluding hydrogens is 252 g/mol. The second-order valence-electron chi connectivity index (χ2n) is 5.63. The third kappa shape index (κ3) is 2.94. The Morgan fingerprint density at radius 2 is 2.20 bits per heavy atom. The summed E-state index contributed by atoms with van der Waals surface area (Å²) in [5.41, 5.74) is 0.371. The van der Waals surface area contributed by atoms with Crippen LogP contribution in [-0.4, -0.2) is 13.7 Å². The quantitative estimate of drug-likeness (QED) is 0.902. The number of ether oxygens (including phenoxy) is 1. The third-order valence-electron chi connectivity index (χ3n) is 3.33. The van der Waals surface area contributed by atoms with E-state index in [0.29, 0.717) is 6.54 Å². The third-order valence-corrected chi connectivity index (χ3v) is 3.33. The van der Waals surface area contributed by atoms with Crippen LogP contribution in [0.25, 0.3) is 11.0 Å². The molecule has 4 heteroatoms. The normalized spacial score (nSPS) is 13.2. The number of rotatable bonds is 5. The van der Waals surface area contributed by atoms with Crippen LogP contribution in [0.3, 0.4) is 0 Å². The highest BCUT2D eigenvalue weighted by Gasteiger charge is 2.20. The van der Waals surface area contributed by atoms with Crippen molar-refractivity contribution in [1.29, 1.82) is 5.26 Å². The van der Waals surface area contributed by atoms with Crippen molar-refractivity contribution in [2.24, 2.45) is 5.41 Å². The summed E-state index contributed by atoms with van der Waals surface area (Å²) in [5, 5.41) is 13.4. The molecule has 1 unspecified atom stereocenters. The van der Waals surface area contributed by atoms with Crippen molar-refractivity contribution in [3.8, 4) is 11.8 Å². The SMILES string of the molecule is COc1cccc2cc(C(C)NCC(C)(C)C#N)oc12. The molecule has 20 heavy (non-hydrogen) atoms. The lowest BCUT2D eigenvalue weighted by Gasteiger charge is -2.19. The van der Waals surface area contributed by atoms with Crippen LogP contribution in [0.15, 0.2) is 28.7 Å². The Kier molecular flexibility index (Phi) is 4.01. The highest BCUT2D eigenvalue weighted by molar-refractivity contribution is 5.83. The Balaban J connectivity index is 2.19. The van der Waals surface area contributed by atoms with Crippen molar-refractivity contribution in [2.75, 3.05) is 13.7 Å². The van der Waals surface area contributed by atoms with Crippen LogP contribution in [0, 0.1) is 16.7 Å². The van der Waals surface area contributed by atoms with Crippen LogP contribution in [0.5, 0.6) is 5.75 Å². The summed E-state index contributed by atoms with van der Waals surface area (Å²) in [5.74, 6) is 1.58. The molecule has 0 aliphatic rings. The van der Waals surface area contributed by atoms with Crippen LogP contribution in [0.1, 0.15) is 32.6 Å². The van der Waals surface area contributed by atoms with Gasteiger partial charge in [-0.15, -0.1) is 0 Å². The smallest absolute Gasteiger partial charge is 0.176 e. The number of nitrogens with one attached hydrogen (secondary N) is 1. The van der Waals surface area contributed by atoms with Gasteiger partial charge >= 0.3 is 0 Å². The molecule has 1 N–H and O–H groups in total. The van der Waals surface area contributed by atoms with Gasteiger partial charge in [-0.3, -0.25) is 0 Å². The fourth-order valence-electron chi connectivity index (χ4n) is 1.98. The first-order valence-corrected chi connectivity index (χ1v) is 6.68. The van der Waals surface area contributed by atoms with Gasteiger partial charge in [-0.05, 0) is 32.9 Å². The van der Waals surface area contributed by atoms with E-state index in [1.165, 1.54) is 0 Å². The molecule has 2 aromatic rings. The number of benzene rings is 1.